The Morgan fingerprint density at radius 3 is 0.899 bits per heavy atom. The van der Waals surface area contributed by atoms with E-state index in [9.17, 15) is 14.4 Å². The predicted molar refractivity (Wildman–Crippen MR) is 298 cm³/mol. The van der Waals surface area contributed by atoms with Crippen LogP contribution in [0.5, 0.6) is 0 Å². The summed E-state index contributed by atoms with van der Waals surface area (Å²) in [6, 6.07) is 0. The van der Waals surface area contributed by atoms with Crippen LogP contribution in [0.25, 0.3) is 0 Å². The van der Waals surface area contributed by atoms with Crippen LogP contribution in [0.2, 0.25) is 0 Å². The SMILES string of the molecule is CC/C=C\C/C=C\C/C=C\C/C=C\CCCCCCCCCCCCCCC(=O)OCC(COC(=O)CCCCCCC)OC(=O)CCCCCCCCCCC/C=C\CCCCCCCCCC. The van der Waals surface area contributed by atoms with Crippen molar-refractivity contribution >= 4 is 17.9 Å². The highest BCUT2D eigenvalue weighted by atomic mass is 16.6. The zero-order valence-corrected chi connectivity index (χ0v) is 45.8. The van der Waals surface area contributed by atoms with Gasteiger partial charge in [-0.1, -0.05) is 261 Å². The maximum Gasteiger partial charge on any atom is 0.306 e. The Hall–Kier alpha value is -2.89. The molecule has 0 spiro atoms. The Labute approximate surface area is 428 Å². The molecule has 0 fully saturated rings. The minimum Gasteiger partial charge on any atom is -0.462 e. The number of carbonyl (C=O) groups is 3. The molecule has 0 aromatic heterocycles. The molecule has 0 aromatic rings. The summed E-state index contributed by atoms with van der Waals surface area (Å²) < 4.78 is 16.7. The fourth-order valence-electron chi connectivity index (χ4n) is 8.55. The Morgan fingerprint density at radius 2 is 0.565 bits per heavy atom. The summed E-state index contributed by atoms with van der Waals surface area (Å²) in [7, 11) is 0. The summed E-state index contributed by atoms with van der Waals surface area (Å²) in [6.07, 6.45) is 72.6. The van der Waals surface area contributed by atoms with E-state index in [1.807, 2.05) is 0 Å². The average Bonchev–Trinajstić information content (AvgIpc) is 3.35. The molecule has 6 nitrogen and oxygen atoms in total. The van der Waals surface area contributed by atoms with Gasteiger partial charge in [-0.2, -0.15) is 0 Å². The van der Waals surface area contributed by atoms with Crippen LogP contribution in [-0.4, -0.2) is 37.2 Å². The average molecular weight is 966 g/mol. The molecule has 0 amide bonds. The third-order valence-electron chi connectivity index (χ3n) is 13.0. The minimum atomic E-state index is -0.771. The lowest BCUT2D eigenvalue weighted by molar-refractivity contribution is -0.167. The maximum atomic E-state index is 12.8. The molecule has 0 radical (unpaired) electrons. The number of esters is 3. The van der Waals surface area contributed by atoms with E-state index in [0.29, 0.717) is 19.3 Å². The molecule has 0 aliphatic heterocycles. The quantitative estimate of drug-likeness (QED) is 0.0262. The lowest BCUT2D eigenvalue weighted by Crippen LogP contribution is -2.30. The number of unbranched alkanes of at least 4 members (excludes halogenated alkanes) is 33. The van der Waals surface area contributed by atoms with Gasteiger partial charge in [0.1, 0.15) is 13.2 Å². The van der Waals surface area contributed by atoms with Gasteiger partial charge in [0.05, 0.1) is 0 Å². The number of hydrogen-bond donors (Lipinski definition) is 0. The van der Waals surface area contributed by atoms with Crippen molar-refractivity contribution < 1.29 is 28.6 Å². The fraction of sp³-hybridized carbons (Fsp3) is 0.794. The molecule has 0 aromatic carbocycles. The highest BCUT2D eigenvalue weighted by Gasteiger charge is 2.19. The Balaban J connectivity index is 4.06. The van der Waals surface area contributed by atoms with Gasteiger partial charge in [0.2, 0.25) is 0 Å². The number of ether oxygens (including phenoxy) is 3. The molecular formula is C63H112O6. The highest BCUT2D eigenvalue weighted by molar-refractivity contribution is 5.71. The zero-order valence-electron chi connectivity index (χ0n) is 45.8. The topological polar surface area (TPSA) is 78.9 Å². The Kier molecular flexibility index (Phi) is 55.3. The fourth-order valence-corrected chi connectivity index (χ4v) is 8.55. The van der Waals surface area contributed by atoms with Crippen molar-refractivity contribution in [2.45, 2.75) is 309 Å². The van der Waals surface area contributed by atoms with Crippen LogP contribution in [0.4, 0.5) is 0 Å². The second kappa shape index (κ2) is 57.7. The molecule has 400 valence electrons. The maximum absolute atomic E-state index is 12.8. The van der Waals surface area contributed by atoms with Crippen molar-refractivity contribution in [2.75, 3.05) is 13.2 Å². The molecule has 0 saturated carbocycles. The number of hydrogen-bond acceptors (Lipinski definition) is 6. The summed E-state index contributed by atoms with van der Waals surface area (Å²) in [5.74, 6) is -0.880. The van der Waals surface area contributed by atoms with Crippen molar-refractivity contribution in [1.82, 2.24) is 0 Å². The molecular weight excluding hydrogens is 853 g/mol. The van der Waals surface area contributed by atoms with E-state index in [4.69, 9.17) is 14.2 Å². The van der Waals surface area contributed by atoms with E-state index in [0.717, 1.165) is 89.9 Å². The van der Waals surface area contributed by atoms with Crippen LogP contribution in [-0.2, 0) is 28.6 Å². The minimum absolute atomic E-state index is 0.0742. The van der Waals surface area contributed by atoms with Gasteiger partial charge in [-0.05, 0) is 83.5 Å². The first-order chi connectivity index (χ1) is 34.0. The number of carbonyl (C=O) groups excluding carboxylic acids is 3. The Morgan fingerprint density at radius 1 is 0.304 bits per heavy atom. The molecule has 0 N–H and O–H groups in total. The first kappa shape index (κ1) is 66.1. The van der Waals surface area contributed by atoms with Crippen LogP contribution >= 0.6 is 0 Å². The summed E-state index contributed by atoms with van der Waals surface area (Å²) in [4.78, 5) is 37.8. The van der Waals surface area contributed by atoms with Crippen LogP contribution in [0.1, 0.15) is 303 Å². The molecule has 0 aliphatic carbocycles. The van der Waals surface area contributed by atoms with Crippen molar-refractivity contribution in [3.8, 4) is 0 Å². The molecule has 1 atom stereocenters. The van der Waals surface area contributed by atoms with Gasteiger partial charge in [-0.15, -0.1) is 0 Å². The van der Waals surface area contributed by atoms with Crippen LogP contribution in [0.3, 0.4) is 0 Å². The Bertz CT molecular complexity index is 1250. The second-order valence-corrected chi connectivity index (χ2v) is 19.9. The molecule has 0 rings (SSSR count). The monoisotopic (exact) mass is 965 g/mol. The van der Waals surface area contributed by atoms with Crippen molar-refractivity contribution in [3.63, 3.8) is 0 Å². The second-order valence-electron chi connectivity index (χ2n) is 19.9. The van der Waals surface area contributed by atoms with Crippen molar-refractivity contribution in [1.29, 1.82) is 0 Å². The van der Waals surface area contributed by atoms with Gasteiger partial charge >= 0.3 is 17.9 Å². The molecule has 0 saturated heterocycles. The van der Waals surface area contributed by atoms with Gasteiger partial charge in [-0.3, -0.25) is 14.4 Å². The molecule has 1 unspecified atom stereocenters. The lowest BCUT2D eigenvalue weighted by atomic mass is 10.0. The van der Waals surface area contributed by atoms with Gasteiger partial charge in [0.25, 0.3) is 0 Å². The van der Waals surface area contributed by atoms with E-state index in [1.54, 1.807) is 0 Å². The van der Waals surface area contributed by atoms with Crippen LogP contribution in [0.15, 0.2) is 60.8 Å². The smallest absolute Gasteiger partial charge is 0.306 e. The van der Waals surface area contributed by atoms with Crippen LogP contribution < -0.4 is 0 Å². The molecule has 0 heterocycles. The summed E-state index contributed by atoms with van der Waals surface area (Å²) in [5, 5.41) is 0. The van der Waals surface area contributed by atoms with Gasteiger partial charge < -0.3 is 14.2 Å². The summed E-state index contributed by atoms with van der Waals surface area (Å²) in [5.41, 5.74) is 0. The molecule has 69 heavy (non-hydrogen) atoms. The van der Waals surface area contributed by atoms with Gasteiger partial charge in [0, 0.05) is 19.3 Å². The normalized spacial score (nSPS) is 12.4. The van der Waals surface area contributed by atoms with E-state index in [1.165, 1.54) is 173 Å². The molecule has 0 bridgehead atoms. The largest absolute Gasteiger partial charge is 0.462 e. The molecule has 0 aliphatic rings. The summed E-state index contributed by atoms with van der Waals surface area (Å²) >= 11 is 0. The lowest BCUT2D eigenvalue weighted by Gasteiger charge is -2.18. The van der Waals surface area contributed by atoms with Crippen molar-refractivity contribution in [3.05, 3.63) is 60.8 Å². The zero-order chi connectivity index (χ0) is 50.0. The highest BCUT2D eigenvalue weighted by Crippen LogP contribution is 2.16. The number of rotatable bonds is 54. The first-order valence-electron chi connectivity index (χ1n) is 29.8. The van der Waals surface area contributed by atoms with E-state index in [2.05, 4.69) is 81.5 Å². The van der Waals surface area contributed by atoms with E-state index in [-0.39, 0.29) is 31.1 Å². The van der Waals surface area contributed by atoms with Gasteiger partial charge in [-0.25, -0.2) is 0 Å². The third-order valence-corrected chi connectivity index (χ3v) is 13.0. The van der Waals surface area contributed by atoms with Crippen molar-refractivity contribution in [2.24, 2.45) is 0 Å². The van der Waals surface area contributed by atoms with Crippen LogP contribution in [0, 0.1) is 0 Å². The third kappa shape index (κ3) is 55.9. The standard InChI is InChI=1S/C63H112O6/c1-4-7-10-13-15-17-19-21-23-25-27-29-30-31-32-34-35-37-39-41-43-45-47-50-53-56-62(65)68-59-60(58-67-61(64)55-52-49-12-9-6-3)69-63(66)57-54-51-48-46-44-42-40-38-36-33-28-26-24-22-20-18-16-14-11-8-5-2/h7,10,15,17,21,23,26-29,60H,4-6,8-9,11-14,16,18-20,22,24-25,30-59H2,1-3H3/b10-7-,17-15-,23-21-,28-26-,29-27-. The first-order valence-corrected chi connectivity index (χ1v) is 29.8. The predicted octanol–water partition coefficient (Wildman–Crippen LogP) is 20.0. The van der Waals surface area contributed by atoms with E-state index >= 15 is 0 Å². The molecule has 6 heteroatoms. The number of allylic oxidation sites excluding steroid dienone is 10. The van der Waals surface area contributed by atoms with Gasteiger partial charge in [0.15, 0.2) is 6.10 Å². The van der Waals surface area contributed by atoms with E-state index < -0.39 is 6.10 Å². The summed E-state index contributed by atoms with van der Waals surface area (Å²) in [6.45, 7) is 6.47.